The summed E-state index contributed by atoms with van der Waals surface area (Å²) >= 11 is 0. The zero-order valence-electron chi connectivity index (χ0n) is 13.2. The van der Waals surface area contributed by atoms with E-state index < -0.39 is 0 Å². The molecule has 0 aliphatic heterocycles. The Kier molecular flexibility index (Phi) is 7.82. The van der Waals surface area contributed by atoms with Crippen molar-refractivity contribution >= 4 is 0 Å². The Bertz CT molecular complexity index is 355. The van der Waals surface area contributed by atoms with Crippen molar-refractivity contribution in [3.8, 4) is 0 Å². The predicted molar refractivity (Wildman–Crippen MR) is 86.2 cm³/mol. The van der Waals surface area contributed by atoms with Crippen LogP contribution in [0, 0.1) is 0 Å². The predicted octanol–water partition coefficient (Wildman–Crippen LogP) is 2.26. The highest BCUT2D eigenvalue weighted by Gasteiger charge is 2.27. The molecule has 20 heavy (non-hydrogen) atoms. The van der Waals surface area contributed by atoms with Crippen LogP contribution in [-0.2, 0) is 5.41 Å². The molecule has 0 aliphatic rings. The Morgan fingerprint density at radius 1 is 1.15 bits per heavy atom. The standard InChI is InChI=1S/C17H30N2O/c1-17(14-18-2,16-10-6-4-7-11-16)15-19(3)12-8-5-9-13-20/h4,6-7,10-11,18,20H,5,8-9,12-15H2,1-3H3. The highest BCUT2D eigenvalue weighted by atomic mass is 16.2. The molecule has 114 valence electrons. The van der Waals surface area contributed by atoms with Crippen LogP contribution in [0.15, 0.2) is 30.3 Å². The van der Waals surface area contributed by atoms with Gasteiger partial charge in [-0.15, -0.1) is 0 Å². The minimum atomic E-state index is 0.127. The maximum absolute atomic E-state index is 8.81. The number of aliphatic hydroxyl groups is 1. The van der Waals surface area contributed by atoms with E-state index in [1.807, 2.05) is 7.05 Å². The first kappa shape index (κ1) is 17.2. The Morgan fingerprint density at radius 2 is 1.85 bits per heavy atom. The molecule has 0 aromatic heterocycles. The van der Waals surface area contributed by atoms with Gasteiger partial charge in [-0.25, -0.2) is 0 Å². The fourth-order valence-corrected chi connectivity index (χ4v) is 2.83. The van der Waals surface area contributed by atoms with Gasteiger partial charge < -0.3 is 15.3 Å². The molecule has 1 aromatic rings. The Labute approximate surface area is 124 Å². The first-order valence-corrected chi connectivity index (χ1v) is 7.62. The molecule has 1 rings (SSSR count). The van der Waals surface area contributed by atoms with Crippen molar-refractivity contribution < 1.29 is 5.11 Å². The van der Waals surface area contributed by atoms with Crippen molar-refractivity contribution in [1.29, 1.82) is 0 Å². The molecule has 0 amide bonds. The highest BCUT2D eigenvalue weighted by Crippen LogP contribution is 2.24. The quantitative estimate of drug-likeness (QED) is 0.644. The lowest BCUT2D eigenvalue weighted by atomic mass is 9.82. The van der Waals surface area contributed by atoms with Crippen molar-refractivity contribution in [2.75, 3.05) is 40.3 Å². The number of rotatable bonds is 10. The fourth-order valence-electron chi connectivity index (χ4n) is 2.83. The van der Waals surface area contributed by atoms with Gasteiger partial charge >= 0.3 is 0 Å². The van der Waals surface area contributed by atoms with Crippen molar-refractivity contribution in [2.24, 2.45) is 0 Å². The van der Waals surface area contributed by atoms with Crippen molar-refractivity contribution in [2.45, 2.75) is 31.6 Å². The number of aliphatic hydroxyl groups excluding tert-OH is 1. The molecular weight excluding hydrogens is 248 g/mol. The molecular formula is C17H30N2O. The minimum absolute atomic E-state index is 0.127. The van der Waals surface area contributed by atoms with Crippen molar-refractivity contribution in [3.05, 3.63) is 35.9 Å². The number of benzene rings is 1. The van der Waals surface area contributed by atoms with Crippen LogP contribution in [0.1, 0.15) is 31.7 Å². The van der Waals surface area contributed by atoms with Crippen LogP contribution in [0.4, 0.5) is 0 Å². The van der Waals surface area contributed by atoms with E-state index in [1.54, 1.807) is 0 Å². The summed E-state index contributed by atoms with van der Waals surface area (Å²) in [6.45, 7) is 5.73. The van der Waals surface area contributed by atoms with E-state index in [0.29, 0.717) is 6.61 Å². The van der Waals surface area contributed by atoms with Gasteiger partial charge in [0.15, 0.2) is 0 Å². The molecule has 0 aliphatic carbocycles. The number of hydrogen-bond acceptors (Lipinski definition) is 3. The second kappa shape index (κ2) is 9.11. The lowest BCUT2D eigenvalue weighted by Crippen LogP contribution is -2.43. The van der Waals surface area contributed by atoms with Gasteiger partial charge in [0.2, 0.25) is 0 Å². The van der Waals surface area contributed by atoms with Crippen molar-refractivity contribution in [3.63, 3.8) is 0 Å². The zero-order valence-corrected chi connectivity index (χ0v) is 13.2. The maximum Gasteiger partial charge on any atom is 0.0431 e. The van der Waals surface area contributed by atoms with Gasteiger partial charge in [-0.2, -0.15) is 0 Å². The first-order chi connectivity index (χ1) is 9.62. The van der Waals surface area contributed by atoms with Crippen LogP contribution in [-0.4, -0.2) is 50.3 Å². The maximum atomic E-state index is 8.81. The summed E-state index contributed by atoms with van der Waals surface area (Å²) in [7, 11) is 4.21. The fraction of sp³-hybridized carbons (Fsp3) is 0.647. The second-order valence-electron chi connectivity index (χ2n) is 5.98. The number of hydrogen-bond donors (Lipinski definition) is 2. The topological polar surface area (TPSA) is 35.5 Å². The molecule has 3 heteroatoms. The van der Waals surface area contributed by atoms with Gasteiger partial charge in [0.05, 0.1) is 0 Å². The normalized spacial score (nSPS) is 14.4. The molecule has 2 N–H and O–H groups in total. The molecule has 0 saturated carbocycles. The zero-order chi connectivity index (χ0) is 14.8. The van der Waals surface area contributed by atoms with E-state index in [9.17, 15) is 0 Å². The Hall–Kier alpha value is -0.900. The van der Waals surface area contributed by atoms with Gasteiger partial charge in [0.25, 0.3) is 0 Å². The summed E-state index contributed by atoms with van der Waals surface area (Å²) in [4.78, 5) is 2.40. The molecule has 0 fully saturated rings. The second-order valence-corrected chi connectivity index (χ2v) is 5.98. The van der Waals surface area contributed by atoms with E-state index in [2.05, 4.69) is 54.5 Å². The summed E-state index contributed by atoms with van der Waals surface area (Å²) in [6.07, 6.45) is 3.18. The molecule has 1 unspecified atom stereocenters. The van der Waals surface area contributed by atoms with E-state index in [-0.39, 0.29) is 5.41 Å². The SMILES string of the molecule is CNCC(C)(CN(C)CCCCCO)c1ccccc1. The summed E-state index contributed by atoms with van der Waals surface area (Å²) in [5, 5.41) is 12.1. The number of unbranched alkanes of at least 4 members (excludes halogenated alkanes) is 2. The molecule has 3 nitrogen and oxygen atoms in total. The molecule has 0 radical (unpaired) electrons. The highest BCUT2D eigenvalue weighted by molar-refractivity contribution is 5.25. The lowest BCUT2D eigenvalue weighted by molar-refractivity contribution is 0.240. The molecule has 0 heterocycles. The van der Waals surface area contributed by atoms with Crippen LogP contribution in [0.25, 0.3) is 0 Å². The Morgan fingerprint density at radius 3 is 2.45 bits per heavy atom. The number of nitrogens with zero attached hydrogens (tertiary/aromatic N) is 1. The van der Waals surface area contributed by atoms with Gasteiger partial charge in [0, 0.05) is 25.1 Å². The van der Waals surface area contributed by atoms with E-state index >= 15 is 0 Å². The van der Waals surface area contributed by atoms with Crippen LogP contribution in [0.5, 0.6) is 0 Å². The van der Waals surface area contributed by atoms with Crippen LogP contribution in [0.2, 0.25) is 0 Å². The summed E-state index contributed by atoms with van der Waals surface area (Å²) in [5.41, 5.74) is 1.51. The van der Waals surface area contributed by atoms with Crippen molar-refractivity contribution in [1.82, 2.24) is 10.2 Å². The van der Waals surface area contributed by atoms with Crippen LogP contribution in [0.3, 0.4) is 0 Å². The van der Waals surface area contributed by atoms with Crippen LogP contribution >= 0.6 is 0 Å². The van der Waals surface area contributed by atoms with Gasteiger partial charge in [-0.3, -0.25) is 0 Å². The first-order valence-electron chi connectivity index (χ1n) is 7.62. The average molecular weight is 278 g/mol. The smallest absolute Gasteiger partial charge is 0.0431 e. The van der Waals surface area contributed by atoms with E-state index in [4.69, 9.17) is 5.11 Å². The lowest BCUT2D eigenvalue weighted by Gasteiger charge is -2.34. The third kappa shape index (κ3) is 5.61. The summed E-state index contributed by atoms with van der Waals surface area (Å²) < 4.78 is 0. The summed E-state index contributed by atoms with van der Waals surface area (Å²) in [5.74, 6) is 0. The van der Waals surface area contributed by atoms with Crippen LogP contribution < -0.4 is 5.32 Å². The minimum Gasteiger partial charge on any atom is -0.396 e. The summed E-state index contributed by atoms with van der Waals surface area (Å²) in [6, 6.07) is 10.7. The molecule has 1 aromatic carbocycles. The number of nitrogens with one attached hydrogen (secondary N) is 1. The Balaban J connectivity index is 2.58. The van der Waals surface area contributed by atoms with Gasteiger partial charge in [0.1, 0.15) is 0 Å². The van der Waals surface area contributed by atoms with Gasteiger partial charge in [-0.1, -0.05) is 37.3 Å². The largest absolute Gasteiger partial charge is 0.396 e. The molecule has 0 saturated heterocycles. The average Bonchev–Trinajstić information content (AvgIpc) is 2.45. The molecule has 0 spiro atoms. The van der Waals surface area contributed by atoms with Gasteiger partial charge in [-0.05, 0) is 45.5 Å². The third-order valence-corrected chi connectivity index (χ3v) is 3.85. The number of likely N-dealkylation sites (N-methyl/N-ethyl adjacent to an activating group) is 2. The van der Waals surface area contributed by atoms with E-state index in [0.717, 1.165) is 38.9 Å². The molecule has 1 atom stereocenters. The monoisotopic (exact) mass is 278 g/mol. The third-order valence-electron chi connectivity index (χ3n) is 3.85. The van der Waals surface area contributed by atoms with E-state index in [1.165, 1.54) is 5.56 Å². The molecule has 0 bridgehead atoms.